The first-order chi connectivity index (χ1) is 13.5. The number of hydrogen-bond donors (Lipinski definition) is 2. The molecule has 2 N–H and O–H groups in total. The van der Waals surface area contributed by atoms with Gasteiger partial charge in [0.2, 0.25) is 5.91 Å². The van der Waals surface area contributed by atoms with E-state index < -0.39 is 11.9 Å². The van der Waals surface area contributed by atoms with E-state index in [1.807, 2.05) is 0 Å². The van der Waals surface area contributed by atoms with Crippen LogP contribution in [0.3, 0.4) is 0 Å². The lowest BCUT2D eigenvalue weighted by molar-refractivity contribution is -0.141. The highest BCUT2D eigenvalue weighted by atomic mass is 16.5. The Hall–Kier alpha value is -3.55. The number of hydrogen-bond acceptors (Lipinski definition) is 5. The molecule has 146 valence electrons. The average molecular weight is 384 g/mol. The fourth-order valence-electron chi connectivity index (χ4n) is 2.89. The second-order valence-corrected chi connectivity index (χ2v) is 6.31. The molecule has 1 aliphatic rings. The molecule has 2 aromatic carbocycles. The molecule has 1 fully saturated rings. The minimum atomic E-state index is -0.974. The van der Waals surface area contributed by atoms with E-state index in [1.54, 1.807) is 55.6 Å². The SMILES string of the molecule is COc1cccc(NC(=O)COc2ccc(N3C[C@H](C(=O)O)CC3=O)cc2)c1. The Morgan fingerprint density at radius 2 is 1.93 bits per heavy atom. The van der Waals surface area contributed by atoms with Crippen LogP contribution in [-0.2, 0) is 14.4 Å². The summed E-state index contributed by atoms with van der Waals surface area (Å²) in [6, 6.07) is 13.6. The summed E-state index contributed by atoms with van der Waals surface area (Å²) in [5.41, 5.74) is 1.20. The molecule has 1 aliphatic heterocycles. The predicted octanol–water partition coefficient (Wildman–Crippen LogP) is 2.15. The van der Waals surface area contributed by atoms with Crippen molar-refractivity contribution in [3.8, 4) is 11.5 Å². The Morgan fingerprint density at radius 1 is 1.18 bits per heavy atom. The van der Waals surface area contributed by atoms with Gasteiger partial charge in [-0.1, -0.05) is 6.07 Å². The molecule has 1 heterocycles. The first kappa shape index (κ1) is 19.2. The molecule has 0 aromatic heterocycles. The maximum atomic E-state index is 12.0. The standard InChI is InChI=1S/C20H20N2O6/c1-27-17-4-2-3-14(10-17)21-18(23)12-28-16-7-5-15(6-8-16)22-11-13(20(25)26)9-19(22)24/h2-8,10,13H,9,11-12H2,1H3,(H,21,23)(H,25,26)/t13-/m1/s1. The van der Waals surface area contributed by atoms with E-state index in [0.29, 0.717) is 22.9 Å². The third kappa shape index (κ3) is 4.59. The topological polar surface area (TPSA) is 105 Å². The normalized spacial score (nSPS) is 16.0. The quantitative estimate of drug-likeness (QED) is 0.758. The van der Waals surface area contributed by atoms with E-state index in [0.717, 1.165) is 0 Å². The zero-order valence-corrected chi connectivity index (χ0v) is 15.3. The summed E-state index contributed by atoms with van der Waals surface area (Å²) in [6.07, 6.45) is -0.00196. The molecule has 1 saturated heterocycles. The second kappa shape index (κ2) is 8.43. The van der Waals surface area contributed by atoms with Crippen molar-refractivity contribution in [1.82, 2.24) is 0 Å². The fourth-order valence-corrected chi connectivity index (χ4v) is 2.89. The molecule has 0 unspecified atom stereocenters. The van der Waals surface area contributed by atoms with Crippen molar-refractivity contribution in [2.75, 3.05) is 30.5 Å². The monoisotopic (exact) mass is 384 g/mol. The molecule has 28 heavy (non-hydrogen) atoms. The minimum Gasteiger partial charge on any atom is -0.497 e. The van der Waals surface area contributed by atoms with E-state index in [1.165, 1.54) is 4.90 Å². The Morgan fingerprint density at radius 3 is 2.57 bits per heavy atom. The highest BCUT2D eigenvalue weighted by Gasteiger charge is 2.34. The van der Waals surface area contributed by atoms with E-state index in [4.69, 9.17) is 14.6 Å². The van der Waals surface area contributed by atoms with Gasteiger partial charge >= 0.3 is 5.97 Å². The first-order valence-corrected chi connectivity index (χ1v) is 8.66. The lowest BCUT2D eigenvalue weighted by Gasteiger charge is -2.16. The van der Waals surface area contributed by atoms with Crippen LogP contribution >= 0.6 is 0 Å². The van der Waals surface area contributed by atoms with Crippen LogP contribution in [0.1, 0.15) is 6.42 Å². The number of carbonyl (C=O) groups excluding carboxylic acids is 2. The first-order valence-electron chi connectivity index (χ1n) is 8.66. The van der Waals surface area contributed by atoms with Crippen molar-refractivity contribution in [3.05, 3.63) is 48.5 Å². The minimum absolute atomic E-state index is 0.00196. The van der Waals surface area contributed by atoms with Crippen molar-refractivity contribution < 1.29 is 29.0 Å². The van der Waals surface area contributed by atoms with Crippen molar-refractivity contribution in [1.29, 1.82) is 0 Å². The van der Waals surface area contributed by atoms with E-state index in [9.17, 15) is 14.4 Å². The summed E-state index contributed by atoms with van der Waals surface area (Å²) in [5, 5.41) is 11.8. The molecule has 8 nitrogen and oxygen atoms in total. The number of aliphatic carboxylic acids is 1. The molecule has 1 atom stereocenters. The molecule has 0 radical (unpaired) electrons. The van der Waals surface area contributed by atoms with Gasteiger partial charge in [-0.25, -0.2) is 0 Å². The van der Waals surface area contributed by atoms with E-state index >= 15 is 0 Å². The highest BCUT2D eigenvalue weighted by molar-refractivity contribution is 5.99. The van der Waals surface area contributed by atoms with Crippen molar-refractivity contribution in [2.45, 2.75) is 6.42 Å². The number of carbonyl (C=O) groups is 3. The third-order valence-electron chi connectivity index (χ3n) is 4.35. The number of carboxylic acid groups (broad SMARTS) is 1. The maximum absolute atomic E-state index is 12.0. The largest absolute Gasteiger partial charge is 0.497 e. The predicted molar refractivity (Wildman–Crippen MR) is 102 cm³/mol. The van der Waals surface area contributed by atoms with E-state index in [-0.39, 0.29) is 31.4 Å². The number of amides is 2. The molecule has 0 bridgehead atoms. The molecule has 8 heteroatoms. The van der Waals surface area contributed by atoms with Gasteiger partial charge in [0.15, 0.2) is 6.61 Å². The number of carboxylic acids is 1. The summed E-state index contributed by atoms with van der Waals surface area (Å²) in [6.45, 7) is -0.0302. The lowest BCUT2D eigenvalue weighted by Crippen LogP contribution is -2.25. The van der Waals surface area contributed by atoms with Crippen LogP contribution in [-0.4, -0.2) is 43.2 Å². The molecule has 0 aliphatic carbocycles. The van der Waals surface area contributed by atoms with Gasteiger partial charge in [0.05, 0.1) is 13.0 Å². The Balaban J connectivity index is 1.53. The van der Waals surface area contributed by atoms with Gasteiger partial charge in [-0.2, -0.15) is 0 Å². The van der Waals surface area contributed by atoms with Crippen LogP contribution in [0.2, 0.25) is 0 Å². The average Bonchev–Trinajstić information content (AvgIpc) is 3.09. The van der Waals surface area contributed by atoms with Gasteiger partial charge in [0.1, 0.15) is 11.5 Å². The van der Waals surface area contributed by atoms with E-state index in [2.05, 4.69) is 5.32 Å². The number of anilines is 2. The summed E-state index contributed by atoms with van der Waals surface area (Å²) in [4.78, 5) is 36.5. The van der Waals surface area contributed by atoms with Crippen LogP contribution in [0, 0.1) is 5.92 Å². The molecular formula is C20H20N2O6. The second-order valence-electron chi connectivity index (χ2n) is 6.31. The van der Waals surface area contributed by atoms with Gasteiger partial charge in [-0.05, 0) is 36.4 Å². The van der Waals surface area contributed by atoms with Crippen molar-refractivity contribution in [2.24, 2.45) is 5.92 Å². The van der Waals surface area contributed by atoms with Crippen molar-refractivity contribution >= 4 is 29.2 Å². The van der Waals surface area contributed by atoms with Crippen LogP contribution in [0.5, 0.6) is 11.5 Å². The van der Waals surface area contributed by atoms with Gasteiger partial charge in [-0.15, -0.1) is 0 Å². The number of rotatable bonds is 7. The number of benzene rings is 2. The van der Waals surface area contributed by atoms with Gasteiger partial charge in [0.25, 0.3) is 5.91 Å². The van der Waals surface area contributed by atoms with Crippen LogP contribution in [0.15, 0.2) is 48.5 Å². The Kier molecular flexibility index (Phi) is 5.78. The zero-order valence-electron chi connectivity index (χ0n) is 15.3. The van der Waals surface area contributed by atoms with Gasteiger partial charge < -0.3 is 24.8 Å². The van der Waals surface area contributed by atoms with Crippen LogP contribution in [0.25, 0.3) is 0 Å². The summed E-state index contributed by atoms with van der Waals surface area (Å²) in [5.74, 6) is -1.11. The molecule has 0 spiro atoms. The molecule has 2 amide bonds. The third-order valence-corrected chi connectivity index (χ3v) is 4.35. The number of nitrogens with zero attached hydrogens (tertiary/aromatic N) is 1. The van der Waals surface area contributed by atoms with Gasteiger partial charge in [0, 0.05) is 30.4 Å². The fraction of sp³-hybridized carbons (Fsp3) is 0.250. The van der Waals surface area contributed by atoms with Crippen LogP contribution in [0.4, 0.5) is 11.4 Å². The Bertz CT molecular complexity index is 881. The summed E-state index contributed by atoms with van der Waals surface area (Å²) >= 11 is 0. The van der Waals surface area contributed by atoms with Crippen molar-refractivity contribution in [3.63, 3.8) is 0 Å². The lowest BCUT2D eigenvalue weighted by atomic mass is 10.1. The molecule has 2 aromatic rings. The van der Waals surface area contributed by atoms with Crippen LogP contribution < -0.4 is 19.7 Å². The molecular weight excluding hydrogens is 364 g/mol. The zero-order chi connectivity index (χ0) is 20.1. The molecule has 3 rings (SSSR count). The van der Waals surface area contributed by atoms with Gasteiger partial charge in [-0.3, -0.25) is 14.4 Å². The summed E-state index contributed by atoms with van der Waals surface area (Å²) < 4.78 is 10.6. The smallest absolute Gasteiger partial charge is 0.308 e. The highest BCUT2D eigenvalue weighted by Crippen LogP contribution is 2.27. The number of methoxy groups -OCH3 is 1. The number of ether oxygens (including phenoxy) is 2. The number of nitrogens with one attached hydrogen (secondary N) is 1. The summed E-state index contributed by atoms with van der Waals surface area (Å²) in [7, 11) is 1.55. The molecule has 0 saturated carbocycles. The maximum Gasteiger partial charge on any atom is 0.308 e. The Labute approximate surface area is 161 Å².